The Kier molecular flexibility index (Phi) is 5.73. The summed E-state index contributed by atoms with van der Waals surface area (Å²) in [6.07, 6.45) is -9.35. The minimum absolute atomic E-state index is 0.335. The van der Waals surface area contributed by atoms with Gasteiger partial charge in [0.25, 0.3) is 0 Å². The lowest BCUT2D eigenvalue weighted by Crippen LogP contribution is -2.22. The molecule has 1 N–H and O–H groups in total. The average molecular weight is 382 g/mol. The Morgan fingerprint density at radius 3 is 1.69 bits per heavy atom. The third-order valence-electron chi connectivity index (χ3n) is 2.63. The SMILES string of the molecule is Cc1ccc(Nc2nc(OCC(F)(F)F)nc(OCC(F)(F)F)n2)cc1. The number of hydrogen-bond acceptors (Lipinski definition) is 6. The number of ether oxygens (including phenoxy) is 2. The first-order chi connectivity index (χ1) is 12.0. The van der Waals surface area contributed by atoms with Gasteiger partial charge in [0.1, 0.15) is 0 Å². The second kappa shape index (κ2) is 7.62. The summed E-state index contributed by atoms with van der Waals surface area (Å²) < 4.78 is 82.1. The highest BCUT2D eigenvalue weighted by Crippen LogP contribution is 2.22. The van der Waals surface area contributed by atoms with Crippen LogP contribution >= 0.6 is 0 Å². The van der Waals surface area contributed by atoms with Gasteiger partial charge in [-0.1, -0.05) is 17.7 Å². The third-order valence-corrected chi connectivity index (χ3v) is 2.63. The molecule has 6 nitrogen and oxygen atoms in total. The van der Waals surface area contributed by atoms with Gasteiger partial charge in [-0.3, -0.25) is 0 Å². The maximum absolute atomic E-state index is 12.2. The molecule has 0 amide bonds. The lowest BCUT2D eigenvalue weighted by atomic mass is 10.2. The van der Waals surface area contributed by atoms with Crippen molar-refractivity contribution in [3.8, 4) is 12.0 Å². The number of benzene rings is 1. The molecule has 0 saturated heterocycles. The minimum atomic E-state index is -4.68. The number of nitrogens with zero attached hydrogens (tertiary/aromatic N) is 3. The number of anilines is 2. The molecule has 0 unspecified atom stereocenters. The van der Waals surface area contributed by atoms with Gasteiger partial charge < -0.3 is 14.8 Å². The van der Waals surface area contributed by atoms with Crippen LogP contribution in [0.25, 0.3) is 0 Å². The molecule has 0 spiro atoms. The van der Waals surface area contributed by atoms with Crippen molar-refractivity contribution in [1.29, 1.82) is 0 Å². The lowest BCUT2D eigenvalue weighted by Gasteiger charge is -2.12. The van der Waals surface area contributed by atoms with Gasteiger partial charge in [0, 0.05) is 5.69 Å². The Bertz CT molecular complexity index is 697. The van der Waals surface area contributed by atoms with E-state index in [-0.39, 0.29) is 5.95 Å². The van der Waals surface area contributed by atoms with Crippen LogP contribution in [0.2, 0.25) is 0 Å². The summed E-state index contributed by atoms with van der Waals surface area (Å²) in [6, 6.07) is 5.03. The monoisotopic (exact) mass is 382 g/mol. The first-order valence-electron chi connectivity index (χ1n) is 6.99. The van der Waals surface area contributed by atoms with Crippen molar-refractivity contribution < 1.29 is 35.8 Å². The van der Waals surface area contributed by atoms with Crippen molar-refractivity contribution in [3.05, 3.63) is 29.8 Å². The molecule has 1 aromatic heterocycles. The molecule has 1 aromatic carbocycles. The van der Waals surface area contributed by atoms with Crippen LogP contribution in [-0.4, -0.2) is 40.5 Å². The zero-order valence-electron chi connectivity index (χ0n) is 13.1. The van der Waals surface area contributed by atoms with E-state index < -0.39 is 37.6 Å². The van der Waals surface area contributed by atoms with Gasteiger partial charge >= 0.3 is 24.4 Å². The molecule has 0 atom stereocenters. The van der Waals surface area contributed by atoms with Crippen molar-refractivity contribution >= 4 is 11.6 Å². The van der Waals surface area contributed by atoms with Crippen LogP contribution in [0.4, 0.5) is 38.0 Å². The van der Waals surface area contributed by atoms with Gasteiger partial charge in [0.15, 0.2) is 13.2 Å². The van der Waals surface area contributed by atoms with Crippen molar-refractivity contribution in [1.82, 2.24) is 15.0 Å². The molecule has 0 radical (unpaired) electrons. The molecule has 0 fully saturated rings. The Hall–Kier alpha value is -2.79. The summed E-state index contributed by atoms with van der Waals surface area (Å²) in [4.78, 5) is 10.5. The molecule has 1 heterocycles. The average Bonchev–Trinajstić information content (AvgIpc) is 2.52. The Morgan fingerprint density at radius 1 is 0.808 bits per heavy atom. The minimum Gasteiger partial charge on any atom is -0.454 e. The molecule has 0 aliphatic heterocycles. The van der Waals surface area contributed by atoms with E-state index >= 15 is 0 Å². The predicted molar refractivity (Wildman–Crippen MR) is 77.4 cm³/mol. The van der Waals surface area contributed by atoms with Crippen LogP contribution in [0.3, 0.4) is 0 Å². The Balaban J connectivity index is 2.22. The van der Waals surface area contributed by atoms with Crippen molar-refractivity contribution in [2.24, 2.45) is 0 Å². The molecule has 0 bridgehead atoms. The molecular weight excluding hydrogens is 370 g/mol. The van der Waals surface area contributed by atoms with Crippen molar-refractivity contribution in [2.75, 3.05) is 18.5 Å². The van der Waals surface area contributed by atoms with Crippen LogP contribution in [0, 0.1) is 6.92 Å². The van der Waals surface area contributed by atoms with Gasteiger partial charge in [0.05, 0.1) is 0 Å². The predicted octanol–water partition coefficient (Wildman–Crippen LogP) is 3.81. The highest BCUT2D eigenvalue weighted by atomic mass is 19.4. The summed E-state index contributed by atoms with van der Waals surface area (Å²) >= 11 is 0. The number of nitrogens with one attached hydrogen (secondary N) is 1. The number of aryl methyl sites for hydroxylation is 1. The van der Waals surface area contributed by atoms with Crippen LogP contribution in [0.5, 0.6) is 12.0 Å². The molecule has 12 heteroatoms. The number of aromatic nitrogens is 3. The summed E-state index contributed by atoms with van der Waals surface area (Å²) in [6.45, 7) is -1.61. The van der Waals surface area contributed by atoms with Crippen molar-refractivity contribution in [3.63, 3.8) is 0 Å². The van der Waals surface area contributed by atoms with Crippen LogP contribution in [0.1, 0.15) is 5.56 Å². The normalized spacial score (nSPS) is 12.0. The molecule has 0 saturated carbocycles. The van der Waals surface area contributed by atoms with Gasteiger partial charge in [0.2, 0.25) is 5.95 Å². The topological polar surface area (TPSA) is 69.2 Å². The highest BCUT2D eigenvalue weighted by Gasteiger charge is 2.31. The van der Waals surface area contributed by atoms with E-state index in [1.807, 2.05) is 6.92 Å². The van der Waals surface area contributed by atoms with Gasteiger partial charge in [-0.2, -0.15) is 36.3 Å². The molecule has 0 aliphatic carbocycles. The van der Waals surface area contributed by atoms with E-state index in [4.69, 9.17) is 0 Å². The molecule has 0 aliphatic rings. The summed E-state index contributed by atoms with van der Waals surface area (Å²) in [7, 11) is 0. The molecular formula is C14H12F6N4O2. The summed E-state index contributed by atoms with van der Waals surface area (Å²) in [5.41, 5.74) is 1.39. The molecule has 2 aromatic rings. The Labute approximate surface area is 143 Å². The molecule has 26 heavy (non-hydrogen) atoms. The van der Waals surface area contributed by atoms with Gasteiger partial charge in [-0.05, 0) is 19.1 Å². The fourth-order valence-corrected chi connectivity index (χ4v) is 1.58. The number of hydrogen-bond donors (Lipinski definition) is 1. The standard InChI is InChI=1S/C14H12F6N4O2/c1-8-2-4-9(5-3-8)21-10-22-11(25-6-13(15,16)17)24-12(23-10)26-7-14(18,19)20/h2-5H,6-7H2,1H3,(H,21,22,23,24). The van der Waals surface area contributed by atoms with E-state index in [2.05, 4.69) is 29.7 Å². The van der Waals surface area contributed by atoms with E-state index in [0.29, 0.717) is 5.69 Å². The van der Waals surface area contributed by atoms with Gasteiger partial charge in [-0.15, -0.1) is 4.98 Å². The molecule has 142 valence electrons. The summed E-state index contributed by atoms with van der Waals surface area (Å²) in [5, 5.41) is 2.62. The fraction of sp³-hybridized carbons (Fsp3) is 0.357. The number of alkyl halides is 6. The zero-order valence-corrected chi connectivity index (χ0v) is 13.1. The van der Waals surface area contributed by atoms with E-state index in [9.17, 15) is 26.3 Å². The number of halogens is 6. The third kappa shape index (κ3) is 6.99. The first-order valence-corrected chi connectivity index (χ1v) is 6.99. The van der Waals surface area contributed by atoms with Gasteiger partial charge in [-0.25, -0.2) is 0 Å². The van der Waals surface area contributed by atoms with Crippen LogP contribution < -0.4 is 14.8 Å². The van der Waals surface area contributed by atoms with E-state index in [1.54, 1.807) is 24.3 Å². The Morgan fingerprint density at radius 2 is 1.27 bits per heavy atom. The highest BCUT2D eigenvalue weighted by molar-refractivity contribution is 5.53. The van der Waals surface area contributed by atoms with E-state index in [0.717, 1.165) is 5.56 Å². The first kappa shape index (κ1) is 19.5. The summed E-state index contributed by atoms with van der Waals surface area (Å²) in [5.74, 6) is -0.335. The number of rotatable bonds is 6. The maximum atomic E-state index is 12.2. The smallest absolute Gasteiger partial charge is 0.422 e. The van der Waals surface area contributed by atoms with Crippen molar-refractivity contribution in [2.45, 2.75) is 19.3 Å². The maximum Gasteiger partial charge on any atom is 0.422 e. The largest absolute Gasteiger partial charge is 0.454 e. The second-order valence-electron chi connectivity index (χ2n) is 5.02. The van der Waals surface area contributed by atoms with E-state index in [1.165, 1.54) is 0 Å². The zero-order chi connectivity index (χ0) is 19.4. The molecule has 2 rings (SSSR count). The second-order valence-corrected chi connectivity index (χ2v) is 5.02. The quantitative estimate of drug-likeness (QED) is 0.767. The fourth-order valence-electron chi connectivity index (χ4n) is 1.58. The lowest BCUT2D eigenvalue weighted by molar-refractivity contribution is -0.156. The van der Waals surface area contributed by atoms with Crippen LogP contribution in [0.15, 0.2) is 24.3 Å². The van der Waals surface area contributed by atoms with Crippen LogP contribution in [-0.2, 0) is 0 Å².